The maximum atomic E-state index is 13.1. The number of aromatic nitrogens is 2. The number of nitrogens with zero attached hydrogens (tertiary/aromatic N) is 2. The molecular formula is C13H16FN3. The first-order valence-corrected chi connectivity index (χ1v) is 6.06. The minimum Gasteiger partial charge on any atom is -0.346 e. The van der Waals surface area contributed by atoms with E-state index >= 15 is 0 Å². The largest absolute Gasteiger partial charge is 0.346 e. The van der Waals surface area contributed by atoms with Crippen LogP contribution in [0.1, 0.15) is 18.4 Å². The molecule has 0 radical (unpaired) electrons. The third-order valence-electron chi connectivity index (χ3n) is 3.49. The molecule has 0 atom stereocenters. The fraction of sp³-hybridized carbons (Fsp3) is 0.462. The van der Waals surface area contributed by atoms with Crippen molar-refractivity contribution in [2.45, 2.75) is 25.3 Å². The Balaban J connectivity index is 1.77. The van der Waals surface area contributed by atoms with Crippen LogP contribution in [0.5, 0.6) is 0 Å². The van der Waals surface area contributed by atoms with Crippen LogP contribution >= 0.6 is 0 Å². The van der Waals surface area contributed by atoms with Crippen LogP contribution in [-0.2, 0) is 6.42 Å². The van der Waals surface area contributed by atoms with Crippen LogP contribution in [0.4, 0.5) is 4.39 Å². The van der Waals surface area contributed by atoms with E-state index in [1.54, 1.807) is 6.07 Å². The average Bonchev–Trinajstić information content (AvgIpc) is 3.09. The monoisotopic (exact) mass is 233 g/mol. The number of aromatic amines is 1. The molecule has 0 aromatic carbocycles. The van der Waals surface area contributed by atoms with E-state index in [1.165, 1.54) is 19.0 Å². The molecule has 3 rings (SSSR count). The highest BCUT2D eigenvalue weighted by Crippen LogP contribution is 2.26. The Morgan fingerprint density at radius 1 is 1.53 bits per heavy atom. The molecule has 1 aliphatic rings. The van der Waals surface area contributed by atoms with Crippen LogP contribution in [0.3, 0.4) is 0 Å². The molecular weight excluding hydrogens is 217 g/mol. The SMILES string of the molecule is CN(CCc1c[nH]c2ncc(F)cc12)C1CC1. The fourth-order valence-corrected chi connectivity index (χ4v) is 2.23. The van der Waals surface area contributed by atoms with Gasteiger partial charge in [-0.3, -0.25) is 0 Å². The number of fused-ring (bicyclic) bond motifs is 1. The standard InChI is InChI=1S/C13H16FN3/c1-17(11-2-3-11)5-4-9-7-15-13-12(9)6-10(14)8-16-13/h6-8,11H,2-5H2,1H3,(H,15,16). The molecule has 0 bridgehead atoms. The van der Waals surface area contributed by atoms with Crippen molar-refractivity contribution in [3.63, 3.8) is 0 Å². The predicted octanol–water partition coefficient (Wildman–Crippen LogP) is 2.34. The molecule has 2 heterocycles. The number of rotatable bonds is 4. The summed E-state index contributed by atoms with van der Waals surface area (Å²) in [4.78, 5) is 9.50. The van der Waals surface area contributed by atoms with Crippen molar-refractivity contribution in [3.05, 3.63) is 29.8 Å². The zero-order chi connectivity index (χ0) is 11.8. The van der Waals surface area contributed by atoms with E-state index in [0.717, 1.165) is 35.6 Å². The fourth-order valence-electron chi connectivity index (χ4n) is 2.23. The van der Waals surface area contributed by atoms with Gasteiger partial charge in [-0.15, -0.1) is 0 Å². The molecule has 1 saturated carbocycles. The number of likely N-dealkylation sites (N-methyl/N-ethyl adjacent to an activating group) is 1. The third kappa shape index (κ3) is 2.17. The van der Waals surface area contributed by atoms with Crippen LogP contribution < -0.4 is 0 Å². The van der Waals surface area contributed by atoms with Crippen molar-refractivity contribution < 1.29 is 4.39 Å². The number of nitrogens with one attached hydrogen (secondary N) is 1. The Kier molecular flexibility index (Phi) is 2.59. The smallest absolute Gasteiger partial charge is 0.142 e. The van der Waals surface area contributed by atoms with Crippen molar-refractivity contribution in [2.75, 3.05) is 13.6 Å². The van der Waals surface area contributed by atoms with Gasteiger partial charge in [0.15, 0.2) is 0 Å². The molecule has 0 saturated heterocycles. The summed E-state index contributed by atoms with van der Waals surface area (Å²) in [6, 6.07) is 2.33. The van der Waals surface area contributed by atoms with Gasteiger partial charge >= 0.3 is 0 Å². The molecule has 0 spiro atoms. The van der Waals surface area contributed by atoms with Gasteiger partial charge in [-0.25, -0.2) is 9.37 Å². The lowest BCUT2D eigenvalue weighted by atomic mass is 10.1. The number of halogens is 1. The van der Waals surface area contributed by atoms with E-state index in [2.05, 4.69) is 21.9 Å². The molecule has 90 valence electrons. The Morgan fingerprint density at radius 3 is 3.12 bits per heavy atom. The molecule has 1 fully saturated rings. The molecule has 2 aromatic rings. The zero-order valence-corrected chi connectivity index (χ0v) is 9.91. The summed E-state index contributed by atoms with van der Waals surface area (Å²) in [5, 5.41) is 0.911. The predicted molar refractivity (Wildman–Crippen MR) is 65.4 cm³/mol. The average molecular weight is 233 g/mol. The van der Waals surface area contributed by atoms with Gasteiger partial charge in [-0.1, -0.05) is 0 Å². The highest BCUT2D eigenvalue weighted by molar-refractivity contribution is 5.79. The van der Waals surface area contributed by atoms with Crippen LogP contribution in [0.25, 0.3) is 11.0 Å². The van der Waals surface area contributed by atoms with Crippen molar-refractivity contribution in [3.8, 4) is 0 Å². The van der Waals surface area contributed by atoms with Crippen molar-refractivity contribution in [1.82, 2.24) is 14.9 Å². The first-order chi connectivity index (χ1) is 8.24. The first kappa shape index (κ1) is 10.7. The van der Waals surface area contributed by atoms with Crippen molar-refractivity contribution in [2.24, 2.45) is 0 Å². The number of hydrogen-bond donors (Lipinski definition) is 1. The Morgan fingerprint density at radius 2 is 2.35 bits per heavy atom. The summed E-state index contributed by atoms with van der Waals surface area (Å²) < 4.78 is 13.1. The summed E-state index contributed by atoms with van der Waals surface area (Å²) >= 11 is 0. The van der Waals surface area contributed by atoms with E-state index < -0.39 is 0 Å². The van der Waals surface area contributed by atoms with E-state index in [4.69, 9.17) is 0 Å². The van der Waals surface area contributed by atoms with Crippen LogP contribution in [0, 0.1) is 5.82 Å². The molecule has 1 N–H and O–H groups in total. The van der Waals surface area contributed by atoms with Gasteiger partial charge < -0.3 is 9.88 Å². The van der Waals surface area contributed by atoms with E-state index in [-0.39, 0.29) is 5.82 Å². The highest BCUT2D eigenvalue weighted by atomic mass is 19.1. The Labute approximate surface area is 99.7 Å². The second kappa shape index (κ2) is 4.11. The second-order valence-corrected chi connectivity index (χ2v) is 4.83. The van der Waals surface area contributed by atoms with Gasteiger partial charge in [0.2, 0.25) is 0 Å². The van der Waals surface area contributed by atoms with Gasteiger partial charge in [0.1, 0.15) is 11.5 Å². The molecule has 0 unspecified atom stereocenters. The van der Waals surface area contributed by atoms with Gasteiger partial charge in [-0.2, -0.15) is 0 Å². The minimum absolute atomic E-state index is 0.270. The Bertz CT molecular complexity index is 530. The van der Waals surface area contributed by atoms with Gasteiger partial charge in [-0.05, 0) is 37.9 Å². The van der Waals surface area contributed by atoms with Crippen molar-refractivity contribution >= 4 is 11.0 Å². The number of H-pyrrole nitrogens is 1. The normalized spacial score (nSPS) is 15.9. The molecule has 17 heavy (non-hydrogen) atoms. The topological polar surface area (TPSA) is 31.9 Å². The van der Waals surface area contributed by atoms with Crippen LogP contribution in [0.2, 0.25) is 0 Å². The van der Waals surface area contributed by atoms with E-state index in [1.807, 2.05) is 6.20 Å². The lowest BCUT2D eigenvalue weighted by Gasteiger charge is -2.14. The van der Waals surface area contributed by atoms with E-state index in [0.29, 0.717) is 0 Å². The first-order valence-electron chi connectivity index (χ1n) is 6.06. The second-order valence-electron chi connectivity index (χ2n) is 4.83. The minimum atomic E-state index is -0.270. The quantitative estimate of drug-likeness (QED) is 0.879. The van der Waals surface area contributed by atoms with Gasteiger partial charge in [0, 0.05) is 24.2 Å². The summed E-state index contributed by atoms with van der Waals surface area (Å²) in [6.07, 6.45) is 6.77. The molecule has 0 aliphatic heterocycles. The summed E-state index contributed by atoms with van der Waals surface area (Å²) in [7, 11) is 2.16. The summed E-state index contributed by atoms with van der Waals surface area (Å²) in [5.41, 5.74) is 1.93. The highest BCUT2D eigenvalue weighted by Gasteiger charge is 2.25. The maximum Gasteiger partial charge on any atom is 0.142 e. The third-order valence-corrected chi connectivity index (χ3v) is 3.49. The molecule has 1 aliphatic carbocycles. The van der Waals surface area contributed by atoms with E-state index in [9.17, 15) is 4.39 Å². The van der Waals surface area contributed by atoms with Crippen LogP contribution in [0.15, 0.2) is 18.5 Å². The van der Waals surface area contributed by atoms with Gasteiger partial charge in [0.05, 0.1) is 6.20 Å². The lowest BCUT2D eigenvalue weighted by molar-refractivity contribution is 0.329. The van der Waals surface area contributed by atoms with Crippen molar-refractivity contribution in [1.29, 1.82) is 0 Å². The molecule has 0 amide bonds. The van der Waals surface area contributed by atoms with Crippen LogP contribution in [-0.4, -0.2) is 34.5 Å². The summed E-state index contributed by atoms with van der Waals surface area (Å²) in [6.45, 7) is 1.02. The number of pyridine rings is 1. The Hall–Kier alpha value is -1.42. The molecule has 3 nitrogen and oxygen atoms in total. The zero-order valence-electron chi connectivity index (χ0n) is 9.91. The lowest BCUT2D eigenvalue weighted by Crippen LogP contribution is -2.23. The van der Waals surface area contributed by atoms with Gasteiger partial charge in [0.25, 0.3) is 0 Å². The molecule has 4 heteroatoms. The molecule has 2 aromatic heterocycles. The summed E-state index contributed by atoms with van der Waals surface area (Å²) in [5.74, 6) is -0.270. The maximum absolute atomic E-state index is 13.1. The number of hydrogen-bond acceptors (Lipinski definition) is 2.